The molecule has 0 N–H and O–H groups in total. The molecule has 0 aromatic heterocycles. The third-order valence-electron chi connectivity index (χ3n) is 6.52. The molecule has 1 aromatic rings. The Bertz CT molecular complexity index is 1040. The van der Waals surface area contributed by atoms with Crippen molar-refractivity contribution in [3.05, 3.63) is 89.2 Å². The fourth-order valence-electron chi connectivity index (χ4n) is 3.76. The molecule has 0 heterocycles. The summed E-state index contributed by atoms with van der Waals surface area (Å²) in [6.07, 6.45) is 8.29. The number of hydrogen-bond donors (Lipinski definition) is 0. The Morgan fingerprint density at radius 2 is 1.76 bits per heavy atom. The van der Waals surface area contributed by atoms with Gasteiger partial charge in [0, 0.05) is 24.1 Å². The maximum absolute atomic E-state index is 14.1. The van der Waals surface area contributed by atoms with E-state index in [1.807, 2.05) is 19.1 Å². The number of alkyl halides is 3. The normalized spacial score (nSPS) is 21.1. The van der Waals surface area contributed by atoms with E-state index in [2.05, 4.69) is 27.0 Å². The second-order valence-corrected chi connectivity index (χ2v) is 10.2. The largest absolute Gasteiger partial charge is 0.270 e. The first kappa shape index (κ1) is 27.6. The Morgan fingerprint density at radius 3 is 2.26 bits per heavy atom. The number of halogens is 3. The van der Waals surface area contributed by atoms with Crippen molar-refractivity contribution in [2.75, 3.05) is 0 Å². The molecule has 1 nitrogen and oxygen atoms in total. The van der Waals surface area contributed by atoms with Crippen LogP contribution in [0.3, 0.4) is 0 Å². The lowest BCUT2D eigenvalue weighted by molar-refractivity contribution is 0.0174. The summed E-state index contributed by atoms with van der Waals surface area (Å²) in [5.41, 5.74) is 2.73. The molecule has 0 radical (unpaired) electrons. The molecule has 1 aliphatic rings. The molecule has 3 unspecified atom stereocenters. The van der Waals surface area contributed by atoms with Crippen LogP contribution in [0.5, 0.6) is 0 Å². The molecule has 0 spiro atoms. The summed E-state index contributed by atoms with van der Waals surface area (Å²) in [5, 5.41) is 0. The third-order valence-corrected chi connectivity index (χ3v) is 6.52. The van der Waals surface area contributed by atoms with Gasteiger partial charge in [0.15, 0.2) is 0 Å². The van der Waals surface area contributed by atoms with Crippen LogP contribution in [0.2, 0.25) is 0 Å². The second-order valence-electron chi connectivity index (χ2n) is 10.2. The highest BCUT2D eigenvalue weighted by molar-refractivity contribution is 6.13. The molecule has 34 heavy (non-hydrogen) atoms. The van der Waals surface area contributed by atoms with Gasteiger partial charge in [-0.05, 0) is 80.4 Å². The average Bonchev–Trinajstić information content (AvgIpc) is 3.45. The fraction of sp³-hybridized carbons (Fsp3) is 0.433. The van der Waals surface area contributed by atoms with Gasteiger partial charge in [0.2, 0.25) is 0 Å². The molecule has 3 atom stereocenters. The molecule has 0 bridgehead atoms. The molecular formula is C30H38F3N. The van der Waals surface area contributed by atoms with Gasteiger partial charge in [-0.3, -0.25) is 4.99 Å². The molecule has 1 saturated carbocycles. The van der Waals surface area contributed by atoms with Crippen LogP contribution >= 0.6 is 0 Å². The summed E-state index contributed by atoms with van der Waals surface area (Å²) >= 11 is 0. The predicted molar refractivity (Wildman–Crippen MR) is 140 cm³/mol. The van der Waals surface area contributed by atoms with Crippen molar-refractivity contribution in [1.82, 2.24) is 0 Å². The van der Waals surface area contributed by atoms with E-state index in [4.69, 9.17) is 4.99 Å². The zero-order valence-electron chi connectivity index (χ0n) is 21.6. The van der Waals surface area contributed by atoms with Crippen molar-refractivity contribution >= 4 is 11.8 Å². The van der Waals surface area contributed by atoms with Gasteiger partial charge in [-0.15, -0.1) is 0 Å². The first-order chi connectivity index (χ1) is 15.6. The van der Waals surface area contributed by atoms with E-state index >= 15 is 0 Å². The molecule has 0 amide bonds. The highest BCUT2D eigenvalue weighted by atomic mass is 19.3. The maximum Gasteiger partial charge on any atom is 0.270 e. The summed E-state index contributed by atoms with van der Waals surface area (Å²) in [5.74, 6) is -1.65. The van der Waals surface area contributed by atoms with Crippen molar-refractivity contribution < 1.29 is 13.2 Å². The maximum atomic E-state index is 14.1. The van der Waals surface area contributed by atoms with Gasteiger partial charge >= 0.3 is 0 Å². The van der Waals surface area contributed by atoms with Gasteiger partial charge in [-0.2, -0.15) is 0 Å². The Morgan fingerprint density at radius 1 is 1.15 bits per heavy atom. The summed E-state index contributed by atoms with van der Waals surface area (Å²) in [6.45, 7) is 20.1. The molecule has 4 heteroatoms. The summed E-state index contributed by atoms with van der Waals surface area (Å²) < 4.78 is 41.8. The summed E-state index contributed by atoms with van der Waals surface area (Å²) in [4.78, 5) is 4.95. The zero-order valence-corrected chi connectivity index (χ0v) is 21.6. The van der Waals surface area contributed by atoms with Gasteiger partial charge in [0.05, 0.1) is 5.71 Å². The summed E-state index contributed by atoms with van der Waals surface area (Å²) in [6, 6.07) is 6.41. The van der Waals surface area contributed by atoms with Crippen LogP contribution < -0.4 is 0 Å². The van der Waals surface area contributed by atoms with E-state index in [0.29, 0.717) is 34.3 Å². The van der Waals surface area contributed by atoms with Crippen LogP contribution in [0, 0.1) is 17.8 Å². The highest BCUT2D eigenvalue weighted by Gasteiger charge is 2.38. The van der Waals surface area contributed by atoms with E-state index in [-0.39, 0.29) is 11.5 Å². The van der Waals surface area contributed by atoms with E-state index in [1.165, 1.54) is 26.0 Å². The minimum absolute atomic E-state index is 0.0255. The van der Waals surface area contributed by atoms with Crippen LogP contribution in [0.1, 0.15) is 66.0 Å². The van der Waals surface area contributed by atoms with Crippen molar-refractivity contribution in [2.24, 2.45) is 22.7 Å². The SMILES string of the molecule is C=C(C)C(=N/C(=C\c1cccc(C(C)(F)F)c1)C(C)C1CC1C)C(=C)/C=C\C=C(/C)C(C)(C)F. The molecule has 0 aliphatic heterocycles. The lowest BCUT2D eigenvalue weighted by Crippen LogP contribution is -2.12. The number of rotatable bonds is 10. The van der Waals surface area contributed by atoms with Crippen molar-refractivity contribution in [3.8, 4) is 0 Å². The number of hydrogen-bond acceptors (Lipinski definition) is 1. The monoisotopic (exact) mass is 469 g/mol. The van der Waals surface area contributed by atoms with Gasteiger partial charge < -0.3 is 0 Å². The standard InChI is InChI=1S/C30H38F3N/c1-19(2)28(20(3)12-10-13-22(5)29(7,8)31)34-27(23(6)26-16-21(26)4)18-24-14-11-15-25(17-24)30(9,32)33/h10-15,17-18,21,23,26H,1,3,16H2,2,4-9H3/b12-10-,22-13+,27-18-,34-28?. The molecule has 2 rings (SSSR count). The smallest absolute Gasteiger partial charge is 0.252 e. The average molecular weight is 470 g/mol. The number of benzene rings is 1. The Balaban J connectivity index is 2.48. The number of allylic oxidation sites excluding steroid dienone is 7. The van der Waals surface area contributed by atoms with Crippen LogP contribution in [0.15, 0.2) is 83.1 Å². The molecule has 1 fully saturated rings. The van der Waals surface area contributed by atoms with Crippen molar-refractivity contribution in [1.29, 1.82) is 0 Å². The van der Waals surface area contributed by atoms with Gasteiger partial charge in [-0.25, -0.2) is 13.2 Å². The second kappa shape index (κ2) is 10.8. The van der Waals surface area contributed by atoms with Crippen molar-refractivity contribution in [2.45, 2.75) is 66.5 Å². The van der Waals surface area contributed by atoms with Gasteiger partial charge in [-0.1, -0.05) is 63.4 Å². The Labute approximate surface area is 203 Å². The van der Waals surface area contributed by atoms with E-state index in [9.17, 15) is 13.2 Å². The lowest BCUT2D eigenvalue weighted by atomic mass is 9.96. The Hall–Kier alpha value is -2.62. The first-order valence-electron chi connectivity index (χ1n) is 11.8. The van der Waals surface area contributed by atoms with Gasteiger partial charge in [0.25, 0.3) is 5.92 Å². The van der Waals surface area contributed by atoms with Crippen LogP contribution in [-0.4, -0.2) is 11.4 Å². The van der Waals surface area contributed by atoms with E-state index < -0.39 is 11.6 Å². The molecule has 0 saturated heterocycles. The van der Waals surface area contributed by atoms with E-state index in [1.54, 1.807) is 31.2 Å². The fourth-order valence-corrected chi connectivity index (χ4v) is 3.76. The first-order valence-corrected chi connectivity index (χ1v) is 11.8. The predicted octanol–water partition coefficient (Wildman–Crippen LogP) is 9.26. The highest BCUT2D eigenvalue weighted by Crippen LogP contribution is 2.47. The molecule has 1 aromatic carbocycles. The van der Waals surface area contributed by atoms with Gasteiger partial charge in [0.1, 0.15) is 5.67 Å². The third kappa shape index (κ3) is 7.72. The molecular weight excluding hydrogens is 431 g/mol. The zero-order chi connectivity index (χ0) is 25.8. The lowest BCUT2D eigenvalue weighted by Gasteiger charge is -2.16. The number of aliphatic imine (C=N–C) groups is 1. The van der Waals surface area contributed by atoms with Crippen molar-refractivity contribution in [3.63, 3.8) is 0 Å². The minimum Gasteiger partial charge on any atom is -0.252 e. The topological polar surface area (TPSA) is 12.4 Å². The quantitative estimate of drug-likeness (QED) is 0.239. The Kier molecular flexibility index (Phi) is 8.74. The summed E-state index contributed by atoms with van der Waals surface area (Å²) in [7, 11) is 0. The minimum atomic E-state index is -2.91. The van der Waals surface area contributed by atoms with E-state index in [0.717, 1.165) is 24.6 Å². The number of nitrogens with zero attached hydrogens (tertiary/aromatic N) is 1. The van der Waals surface area contributed by atoms with Crippen LogP contribution in [0.25, 0.3) is 6.08 Å². The molecule has 184 valence electrons. The van der Waals surface area contributed by atoms with Crippen LogP contribution in [-0.2, 0) is 5.92 Å². The van der Waals surface area contributed by atoms with Crippen LogP contribution in [0.4, 0.5) is 13.2 Å². The molecule has 1 aliphatic carbocycles.